The van der Waals surface area contributed by atoms with E-state index in [9.17, 15) is 9.59 Å². The van der Waals surface area contributed by atoms with Gasteiger partial charge in [0.25, 0.3) is 5.91 Å². The Morgan fingerprint density at radius 3 is 2.44 bits per heavy atom. The number of benzene rings is 2. The number of rotatable bonds is 4. The third-order valence-corrected chi connectivity index (χ3v) is 5.98. The van der Waals surface area contributed by atoms with Gasteiger partial charge < -0.3 is 14.5 Å². The summed E-state index contributed by atoms with van der Waals surface area (Å²) in [6.07, 6.45) is 2.12. The molecule has 3 aromatic rings. The van der Waals surface area contributed by atoms with Gasteiger partial charge in [-0.05, 0) is 55.3 Å². The highest BCUT2D eigenvalue weighted by Crippen LogP contribution is 2.42. The van der Waals surface area contributed by atoms with Crippen LogP contribution in [0.4, 0.5) is 11.4 Å². The number of anilines is 2. The van der Waals surface area contributed by atoms with Gasteiger partial charge in [0, 0.05) is 41.6 Å². The molecule has 7 heteroatoms. The van der Waals surface area contributed by atoms with Gasteiger partial charge in [-0.15, -0.1) is 0 Å². The molecule has 2 amide bonds. The smallest absolute Gasteiger partial charge is 0.260 e. The van der Waals surface area contributed by atoms with E-state index >= 15 is 0 Å². The summed E-state index contributed by atoms with van der Waals surface area (Å²) < 4.78 is 5.10. The molecule has 1 aliphatic heterocycles. The molecule has 0 fully saturated rings. The van der Waals surface area contributed by atoms with Gasteiger partial charge in [-0.1, -0.05) is 29.8 Å². The molecule has 0 spiro atoms. The summed E-state index contributed by atoms with van der Waals surface area (Å²) in [5.41, 5.74) is 2.96. The third kappa shape index (κ3) is 4.06. The molecule has 0 saturated carbocycles. The van der Waals surface area contributed by atoms with Gasteiger partial charge in [-0.3, -0.25) is 9.59 Å². The minimum absolute atomic E-state index is 0.0709. The number of hydrogen-bond acceptors (Lipinski definition) is 4. The molecule has 1 aromatic heterocycles. The Hall–Kier alpha value is -3.38. The Labute approximate surface area is 192 Å². The Morgan fingerprint density at radius 1 is 1.09 bits per heavy atom. The topological polar surface area (TPSA) is 62.7 Å². The molecule has 0 unspecified atom stereocenters. The van der Waals surface area contributed by atoms with Crippen LogP contribution < -0.4 is 14.5 Å². The zero-order valence-corrected chi connectivity index (χ0v) is 18.9. The van der Waals surface area contributed by atoms with Gasteiger partial charge in [-0.2, -0.15) is 0 Å². The van der Waals surface area contributed by atoms with Crippen LogP contribution in [0.25, 0.3) is 0 Å². The Bertz CT molecular complexity index is 1130. The molecule has 6 nitrogen and oxygen atoms in total. The summed E-state index contributed by atoms with van der Waals surface area (Å²) in [6.45, 7) is 3.56. The number of aromatic nitrogens is 1. The summed E-state index contributed by atoms with van der Waals surface area (Å²) in [5.74, 6) is 0.242. The first-order valence-electron chi connectivity index (χ1n) is 10.4. The van der Waals surface area contributed by atoms with E-state index in [1.165, 1.54) is 13.3 Å². The van der Waals surface area contributed by atoms with Crippen molar-refractivity contribution in [2.75, 3.05) is 16.9 Å². The van der Waals surface area contributed by atoms with Crippen LogP contribution in [-0.2, 0) is 4.79 Å². The molecule has 0 saturated heterocycles. The average molecular weight is 450 g/mol. The van der Waals surface area contributed by atoms with E-state index in [1.54, 1.807) is 41.0 Å². The largest absolute Gasteiger partial charge is 0.481 e. The molecule has 164 valence electrons. The van der Waals surface area contributed by atoms with Crippen molar-refractivity contribution in [1.82, 2.24) is 4.98 Å². The van der Waals surface area contributed by atoms with Crippen molar-refractivity contribution in [3.8, 4) is 5.88 Å². The number of carbonyl (C=O) groups is 2. The van der Waals surface area contributed by atoms with Crippen molar-refractivity contribution >= 4 is 34.8 Å². The van der Waals surface area contributed by atoms with Crippen LogP contribution in [0.15, 0.2) is 66.9 Å². The highest BCUT2D eigenvalue weighted by molar-refractivity contribution is 6.30. The first-order chi connectivity index (χ1) is 15.4. The quantitative estimate of drug-likeness (QED) is 0.543. The number of amides is 2. The third-order valence-electron chi connectivity index (χ3n) is 5.73. The van der Waals surface area contributed by atoms with Crippen molar-refractivity contribution in [3.05, 3.63) is 83.0 Å². The molecule has 32 heavy (non-hydrogen) atoms. The molecule has 0 radical (unpaired) electrons. The highest BCUT2D eigenvalue weighted by Gasteiger charge is 2.38. The van der Waals surface area contributed by atoms with E-state index in [0.29, 0.717) is 22.9 Å². The second kappa shape index (κ2) is 9.01. The van der Waals surface area contributed by atoms with Crippen molar-refractivity contribution in [3.63, 3.8) is 0 Å². The van der Waals surface area contributed by atoms with Crippen molar-refractivity contribution < 1.29 is 14.3 Å². The lowest BCUT2D eigenvalue weighted by Crippen LogP contribution is -2.47. The number of nitrogens with zero attached hydrogens (tertiary/aromatic N) is 3. The lowest BCUT2D eigenvalue weighted by molar-refractivity contribution is -0.117. The Balaban J connectivity index is 1.75. The van der Waals surface area contributed by atoms with Crippen molar-refractivity contribution in [2.45, 2.75) is 32.4 Å². The van der Waals surface area contributed by atoms with Gasteiger partial charge in [0.05, 0.1) is 18.7 Å². The first-order valence-corrected chi connectivity index (χ1v) is 10.8. The summed E-state index contributed by atoms with van der Waals surface area (Å²) in [7, 11) is 1.54. The minimum atomic E-state index is -0.210. The molecule has 2 atom stereocenters. The molecule has 4 rings (SSSR count). The maximum absolute atomic E-state index is 13.4. The lowest BCUT2D eigenvalue weighted by atomic mass is 9.89. The van der Waals surface area contributed by atoms with Gasteiger partial charge >= 0.3 is 0 Å². The number of ether oxygens (including phenoxy) is 1. The average Bonchev–Trinajstić information content (AvgIpc) is 2.80. The fourth-order valence-corrected chi connectivity index (χ4v) is 4.41. The lowest BCUT2D eigenvalue weighted by Gasteiger charge is -2.43. The van der Waals surface area contributed by atoms with E-state index < -0.39 is 0 Å². The Morgan fingerprint density at radius 2 is 1.81 bits per heavy atom. The standard InChI is InChI=1S/C25H24ClN3O3/c1-16-14-23(29(17(2)30)20-11-9-19(26)10-12-20)21-6-4-5-7-22(21)28(16)25(31)18-8-13-24(32-3)27-15-18/h4-13,15-16,23H,14H2,1-3H3/t16-,23+/m0/s1. The predicted octanol–water partition coefficient (Wildman–Crippen LogP) is 5.28. The van der Waals surface area contributed by atoms with E-state index in [2.05, 4.69) is 4.98 Å². The molecule has 1 aliphatic rings. The molecule has 2 aromatic carbocycles. The van der Waals surface area contributed by atoms with E-state index in [1.807, 2.05) is 43.3 Å². The maximum atomic E-state index is 13.4. The molecular formula is C25H24ClN3O3. The Kier molecular flexibility index (Phi) is 6.15. The summed E-state index contributed by atoms with van der Waals surface area (Å²) >= 11 is 6.06. The summed E-state index contributed by atoms with van der Waals surface area (Å²) in [6, 6.07) is 18.0. The number of para-hydroxylation sites is 1. The van der Waals surface area contributed by atoms with E-state index in [0.717, 1.165) is 16.9 Å². The van der Waals surface area contributed by atoms with E-state index in [-0.39, 0.29) is 23.9 Å². The maximum Gasteiger partial charge on any atom is 0.260 e. The minimum Gasteiger partial charge on any atom is -0.481 e. The van der Waals surface area contributed by atoms with Crippen molar-refractivity contribution in [1.29, 1.82) is 0 Å². The second-order valence-electron chi connectivity index (χ2n) is 7.79. The SMILES string of the molecule is COc1ccc(C(=O)N2c3ccccc3[C@H](N(C(C)=O)c3ccc(Cl)cc3)C[C@@H]2C)cn1. The number of methoxy groups -OCH3 is 1. The van der Waals surface area contributed by atoms with Crippen LogP contribution in [0.5, 0.6) is 5.88 Å². The monoisotopic (exact) mass is 449 g/mol. The van der Waals surface area contributed by atoms with Crippen LogP contribution in [-0.4, -0.2) is 29.9 Å². The normalized spacial score (nSPS) is 17.4. The van der Waals surface area contributed by atoms with Gasteiger partial charge in [-0.25, -0.2) is 4.98 Å². The molecular weight excluding hydrogens is 426 g/mol. The molecule has 2 heterocycles. The van der Waals surface area contributed by atoms with Gasteiger partial charge in [0.15, 0.2) is 0 Å². The van der Waals surface area contributed by atoms with E-state index in [4.69, 9.17) is 16.3 Å². The van der Waals surface area contributed by atoms with Crippen LogP contribution >= 0.6 is 11.6 Å². The fourth-order valence-electron chi connectivity index (χ4n) is 4.29. The number of carbonyl (C=O) groups excluding carboxylic acids is 2. The van der Waals surface area contributed by atoms with Crippen LogP contribution in [0, 0.1) is 0 Å². The van der Waals surface area contributed by atoms with Gasteiger partial charge in [0.1, 0.15) is 0 Å². The summed E-state index contributed by atoms with van der Waals surface area (Å²) in [4.78, 5) is 33.9. The number of halogens is 1. The van der Waals surface area contributed by atoms with Gasteiger partial charge in [0.2, 0.25) is 11.8 Å². The first kappa shape index (κ1) is 21.8. The number of fused-ring (bicyclic) bond motifs is 1. The predicted molar refractivity (Wildman–Crippen MR) is 125 cm³/mol. The molecule has 0 N–H and O–H groups in total. The van der Waals surface area contributed by atoms with Crippen LogP contribution in [0.1, 0.15) is 42.2 Å². The van der Waals surface area contributed by atoms with Crippen LogP contribution in [0.2, 0.25) is 5.02 Å². The zero-order chi connectivity index (χ0) is 22.8. The fraction of sp³-hybridized carbons (Fsp3) is 0.240. The van der Waals surface area contributed by atoms with Crippen molar-refractivity contribution in [2.24, 2.45) is 0 Å². The number of pyridine rings is 1. The zero-order valence-electron chi connectivity index (χ0n) is 18.2. The second-order valence-corrected chi connectivity index (χ2v) is 8.23. The summed E-state index contributed by atoms with van der Waals surface area (Å²) in [5, 5.41) is 0.611. The van der Waals surface area contributed by atoms with Crippen LogP contribution in [0.3, 0.4) is 0 Å². The number of hydrogen-bond donors (Lipinski definition) is 0. The molecule has 0 bridgehead atoms. The molecule has 0 aliphatic carbocycles. The highest BCUT2D eigenvalue weighted by atomic mass is 35.5.